The predicted octanol–water partition coefficient (Wildman–Crippen LogP) is 3.26. The summed E-state index contributed by atoms with van der Waals surface area (Å²) in [5.74, 6) is 1.87. The van der Waals surface area contributed by atoms with Gasteiger partial charge < -0.3 is 10.6 Å². The van der Waals surface area contributed by atoms with Crippen LogP contribution in [0.1, 0.15) is 58.8 Å². The van der Waals surface area contributed by atoms with Crippen LogP contribution in [0.5, 0.6) is 0 Å². The van der Waals surface area contributed by atoms with Crippen molar-refractivity contribution in [2.24, 2.45) is 23.0 Å². The second-order valence-corrected chi connectivity index (χ2v) is 7.03. The molecule has 2 nitrogen and oxygen atoms in total. The molecule has 2 N–H and O–H groups in total. The summed E-state index contributed by atoms with van der Waals surface area (Å²) in [6.45, 7) is 9.54. The van der Waals surface area contributed by atoms with Crippen molar-refractivity contribution >= 4 is 0 Å². The summed E-state index contributed by atoms with van der Waals surface area (Å²) in [6.07, 6.45) is 9.72. The molecule has 2 aliphatic rings. The predicted molar refractivity (Wildman–Crippen MR) is 78.6 cm³/mol. The molecular weight excluding hydrogens is 220 g/mol. The van der Waals surface area contributed by atoms with Crippen molar-refractivity contribution < 1.29 is 0 Å². The molecule has 0 radical (unpaired) electrons. The topological polar surface area (TPSA) is 29.3 Å². The minimum atomic E-state index is 0.441. The van der Waals surface area contributed by atoms with Gasteiger partial charge in [-0.3, -0.25) is 0 Å². The number of nitrogens with zero attached hydrogens (tertiary/aromatic N) is 1. The van der Waals surface area contributed by atoms with Crippen molar-refractivity contribution in [3.8, 4) is 0 Å². The van der Waals surface area contributed by atoms with Crippen LogP contribution in [0.2, 0.25) is 0 Å². The summed E-state index contributed by atoms with van der Waals surface area (Å²) in [5, 5.41) is 0. The highest BCUT2D eigenvalue weighted by molar-refractivity contribution is 4.89. The molecule has 0 aromatic carbocycles. The van der Waals surface area contributed by atoms with Crippen LogP contribution in [0.15, 0.2) is 0 Å². The largest absolute Gasteiger partial charge is 0.330 e. The lowest BCUT2D eigenvalue weighted by Crippen LogP contribution is -2.47. The summed E-state index contributed by atoms with van der Waals surface area (Å²) >= 11 is 0. The van der Waals surface area contributed by atoms with Crippen LogP contribution in [-0.2, 0) is 0 Å². The normalized spacial score (nSPS) is 35.8. The van der Waals surface area contributed by atoms with Crippen LogP contribution in [0.25, 0.3) is 0 Å². The van der Waals surface area contributed by atoms with Gasteiger partial charge in [-0.15, -0.1) is 0 Å². The Labute approximate surface area is 113 Å². The number of hydrogen-bond donors (Lipinski definition) is 1. The highest BCUT2D eigenvalue weighted by Gasteiger charge is 2.35. The van der Waals surface area contributed by atoms with Gasteiger partial charge in [-0.2, -0.15) is 0 Å². The smallest absolute Gasteiger partial charge is 0.00502 e. The van der Waals surface area contributed by atoms with Gasteiger partial charge in [0.05, 0.1) is 0 Å². The summed E-state index contributed by atoms with van der Waals surface area (Å²) in [6, 6.07) is 0. The zero-order chi connectivity index (χ0) is 13.0. The highest BCUT2D eigenvalue weighted by atomic mass is 15.1. The Morgan fingerprint density at radius 1 is 1.22 bits per heavy atom. The van der Waals surface area contributed by atoms with Crippen molar-refractivity contribution in [2.75, 3.05) is 26.2 Å². The molecule has 0 spiro atoms. The van der Waals surface area contributed by atoms with Gasteiger partial charge in [0.25, 0.3) is 0 Å². The molecule has 2 atom stereocenters. The first-order chi connectivity index (χ1) is 8.67. The maximum atomic E-state index is 6.14. The van der Waals surface area contributed by atoms with Gasteiger partial charge in [-0.25, -0.2) is 0 Å². The average molecular weight is 252 g/mol. The number of nitrogens with two attached hydrogens (primary N) is 1. The van der Waals surface area contributed by atoms with Crippen molar-refractivity contribution in [1.82, 2.24) is 4.90 Å². The number of hydrogen-bond acceptors (Lipinski definition) is 2. The van der Waals surface area contributed by atoms with E-state index in [2.05, 4.69) is 18.7 Å². The maximum Gasteiger partial charge on any atom is 0.00502 e. The molecule has 0 aromatic rings. The molecule has 18 heavy (non-hydrogen) atoms. The Morgan fingerprint density at radius 2 is 1.94 bits per heavy atom. The summed E-state index contributed by atoms with van der Waals surface area (Å²) in [4.78, 5) is 2.71. The van der Waals surface area contributed by atoms with E-state index in [9.17, 15) is 0 Å². The molecule has 0 aromatic heterocycles. The van der Waals surface area contributed by atoms with Crippen LogP contribution < -0.4 is 5.73 Å². The van der Waals surface area contributed by atoms with Crippen LogP contribution in [0.3, 0.4) is 0 Å². The van der Waals surface area contributed by atoms with E-state index in [4.69, 9.17) is 5.73 Å². The molecule has 0 bridgehead atoms. The van der Waals surface area contributed by atoms with E-state index in [0.717, 1.165) is 18.4 Å². The van der Waals surface area contributed by atoms with Gasteiger partial charge in [0.15, 0.2) is 0 Å². The fourth-order valence-corrected chi connectivity index (χ4v) is 4.19. The molecule has 1 saturated heterocycles. The zero-order valence-electron chi connectivity index (χ0n) is 12.5. The number of rotatable bonds is 4. The molecule has 1 heterocycles. The monoisotopic (exact) mass is 252 g/mol. The van der Waals surface area contributed by atoms with Gasteiger partial charge in [-0.05, 0) is 62.6 Å². The summed E-state index contributed by atoms with van der Waals surface area (Å²) in [7, 11) is 0. The third-order valence-electron chi connectivity index (χ3n) is 5.46. The van der Waals surface area contributed by atoms with Crippen LogP contribution >= 0.6 is 0 Å². The van der Waals surface area contributed by atoms with Crippen molar-refractivity contribution in [1.29, 1.82) is 0 Å². The van der Waals surface area contributed by atoms with E-state index in [1.54, 1.807) is 0 Å². The maximum absolute atomic E-state index is 6.14. The zero-order valence-corrected chi connectivity index (χ0v) is 12.5. The van der Waals surface area contributed by atoms with E-state index in [-0.39, 0.29) is 0 Å². The second kappa shape index (κ2) is 6.38. The molecular formula is C16H32N2. The lowest BCUT2D eigenvalue weighted by molar-refractivity contribution is 0.0673. The minimum Gasteiger partial charge on any atom is -0.330 e. The molecule has 1 saturated carbocycles. The quantitative estimate of drug-likeness (QED) is 0.832. The van der Waals surface area contributed by atoms with Crippen molar-refractivity contribution in [3.63, 3.8) is 0 Å². The first-order valence-electron chi connectivity index (χ1n) is 8.10. The Kier molecular flexibility index (Phi) is 5.08. The summed E-state index contributed by atoms with van der Waals surface area (Å²) in [5.41, 5.74) is 6.59. The Morgan fingerprint density at radius 3 is 2.50 bits per heavy atom. The lowest BCUT2D eigenvalue weighted by Gasteiger charge is -2.44. The number of likely N-dealkylation sites (tertiary alicyclic amines) is 1. The molecule has 1 aliphatic heterocycles. The van der Waals surface area contributed by atoms with E-state index in [0.29, 0.717) is 5.41 Å². The van der Waals surface area contributed by atoms with Crippen LogP contribution in [-0.4, -0.2) is 31.1 Å². The van der Waals surface area contributed by atoms with Gasteiger partial charge in [0.1, 0.15) is 0 Å². The first kappa shape index (κ1) is 14.3. The van der Waals surface area contributed by atoms with E-state index in [1.807, 2.05) is 0 Å². The molecule has 2 fully saturated rings. The fraction of sp³-hybridized carbons (Fsp3) is 1.00. The molecule has 0 amide bonds. The van der Waals surface area contributed by atoms with Crippen LogP contribution in [0, 0.1) is 17.3 Å². The third kappa shape index (κ3) is 3.48. The summed E-state index contributed by atoms with van der Waals surface area (Å²) < 4.78 is 0. The van der Waals surface area contributed by atoms with Gasteiger partial charge in [0, 0.05) is 6.54 Å². The first-order valence-corrected chi connectivity index (χ1v) is 8.10. The molecule has 1 aliphatic carbocycles. The van der Waals surface area contributed by atoms with Gasteiger partial charge in [-0.1, -0.05) is 33.1 Å². The Hall–Kier alpha value is -0.0800. The molecule has 2 unspecified atom stereocenters. The van der Waals surface area contributed by atoms with Crippen molar-refractivity contribution in [3.05, 3.63) is 0 Å². The second-order valence-electron chi connectivity index (χ2n) is 7.03. The fourth-order valence-electron chi connectivity index (χ4n) is 4.19. The van der Waals surface area contributed by atoms with Crippen molar-refractivity contribution in [2.45, 2.75) is 58.8 Å². The molecule has 106 valence electrons. The van der Waals surface area contributed by atoms with Gasteiger partial charge >= 0.3 is 0 Å². The Balaban J connectivity index is 1.86. The minimum absolute atomic E-state index is 0.441. The van der Waals surface area contributed by atoms with Gasteiger partial charge in [0.2, 0.25) is 0 Å². The average Bonchev–Trinajstić information content (AvgIpc) is 2.39. The third-order valence-corrected chi connectivity index (χ3v) is 5.46. The lowest BCUT2D eigenvalue weighted by atomic mass is 9.69. The van der Waals surface area contributed by atoms with Crippen LogP contribution in [0.4, 0.5) is 0 Å². The van der Waals surface area contributed by atoms with E-state index < -0.39 is 0 Å². The standard InChI is InChI=1S/C16H32N2/c1-3-15-6-9-18(10-7-15)13-16(12-17)8-4-5-14(2)11-16/h14-15H,3-13,17H2,1-2H3. The van der Waals surface area contributed by atoms with E-state index in [1.165, 1.54) is 64.6 Å². The number of piperidine rings is 1. The molecule has 2 heteroatoms. The highest BCUT2D eigenvalue weighted by Crippen LogP contribution is 2.39. The Bertz CT molecular complexity index is 245. The molecule has 2 rings (SSSR count). The van der Waals surface area contributed by atoms with E-state index >= 15 is 0 Å². The SMILES string of the molecule is CCC1CCN(CC2(CN)CCCC(C)C2)CC1.